The van der Waals surface area contributed by atoms with E-state index in [1.807, 2.05) is 6.92 Å². The van der Waals surface area contributed by atoms with E-state index in [0.717, 1.165) is 32.1 Å². The average molecular weight is 384 g/mol. The van der Waals surface area contributed by atoms with Crippen molar-refractivity contribution in [1.82, 2.24) is 5.32 Å². The van der Waals surface area contributed by atoms with Crippen molar-refractivity contribution in [2.24, 2.45) is 0 Å². The summed E-state index contributed by atoms with van der Waals surface area (Å²) in [5, 5.41) is 20.0. The standard InChI is InChI=1S/C22H41NO4/c1-20(24)17-15-13-11-9-7-5-3-2-4-6-8-10-12-14-16-18-21(25)23-19-22(26)27/h10,12,20,24H,2-9,11,13-19H2,1H3,(H,23,25)(H,26,27)/b12-10-. The SMILES string of the molecule is CC(O)CCCCCCCCCCCC/C=C\CCCC(=O)NCC(=O)O. The first kappa shape index (κ1) is 25.6. The first-order valence-electron chi connectivity index (χ1n) is 10.8. The molecule has 0 aliphatic carbocycles. The first-order chi connectivity index (χ1) is 13.0. The Morgan fingerprint density at radius 3 is 1.81 bits per heavy atom. The van der Waals surface area contributed by atoms with Crippen LogP contribution in [0.25, 0.3) is 0 Å². The van der Waals surface area contributed by atoms with Crippen LogP contribution in [-0.2, 0) is 9.59 Å². The zero-order valence-corrected chi connectivity index (χ0v) is 17.3. The molecule has 0 spiro atoms. The van der Waals surface area contributed by atoms with Crippen LogP contribution in [0.5, 0.6) is 0 Å². The summed E-state index contributed by atoms with van der Waals surface area (Å²) in [5.74, 6) is -1.20. The van der Waals surface area contributed by atoms with Crippen LogP contribution in [-0.4, -0.2) is 34.7 Å². The lowest BCUT2D eigenvalue weighted by molar-refractivity contribution is -0.137. The van der Waals surface area contributed by atoms with Gasteiger partial charge in [-0.1, -0.05) is 69.9 Å². The summed E-state index contributed by atoms with van der Waals surface area (Å²) >= 11 is 0. The number of carbonyl (C=O) groups is 2. The molecule has 0 saturated heterocycles. The minimum atomic E-state index is -1.01. The predicted molar refractivity (Wildman–Crippen MR) is 111 cm³/mol. The van der Waals surface area contributed by atoms with Crippen molar-refractivity contribution < 1.29 is 19.8 Å². The lowest BCUT2D eigenvalue weighted by Crippen LogP contribution is -2.28. The van der Waals surface area contributed by atoms with Crippen LogP contribution in [0.15, 0.2) is 12.2 Å². The molecule has 0 fully saturated rings. The average Bonchev–Trinajstić information content (AvgIpc) is 2.62. The van der Waals surface area contributed by atoms with Gasteiger partial charge in [-0.2, -0.15) is 0 Å². The summed E-state index contributed by atoms with van der Waals surface area (Å²) < 4.78 is 0. The molecule has 0 aromatic heterocycles. The van der Waals surface area contributed by atoms with Gasteiger partial charge in [-0.25, -0.2) is 0 Å². The Morgan fingerprint density at radius 1 is 0.815 bits per heavy atom. The zero-order chi connectivity index (χ0) is 20.2. The van der Waals surface area contributed by atoms with Gasteiger partial charge < -0.3 is 15.5 Å². The van der Waals surface area contributed by atoms with Gasteiger partial charge in [0.1, 0.15) is 6.54 Å². The summed E-state index contributed by atoms with van der Waals surface area (Å²) in [7, 11) is 0. The highest BCUT2D eigenvalue weighted by molar-refractivity contribution is 5.80. The molecule has 0 aliphatic rings. The third-order valence-electron chi connectivity index (χ3n) is 4.62. The lowest BCUT2D eigenvalue weighted by atomic mass is 10.0. The molecule has 1 unspecified atom stereocenters. The van der Waals surface area contributed by atoms with Crippen molar-refractivity contribution in [3.05, 3.63) is 12.2 Å². The summed E-state index contributed by atoms with van der Waals surface area (Å²) in [4.78, 5) is 21.6. The number of carboxylic acid groups (broad SMARTS) is 1. The summed E-state index contributed by atoms with van der Waals surface area (Å²) in [6, 6.07) is 0. The molecule has 3 N–H and O–H groups in total. The summed E-state index contributed by atoms with van der Waals surface area (Å²) in [6.45, 7) is 1.57. The number of carbonyl (C=O) groups excluding carboxylic acids is 1. The molecular formula is C22H41NO4. The van der Waals surface area contributed by atoms with Gasteiger partial charge >= 0.3 is 5.97 Å². The number of carboxylic acids is 1. The van der Waals surface area contributed by atoms with Crippen molar-refractivity contribution in [3.63, 3.8) is 0 Å². The van der Waals surface area contributed by atoms with Crippen LogP contribution in [0.2, 0.25) is 0 Å². The largest absolute Gasteiger partial charge is 0.480 e. The third-order valence-corrected chi connectivity index (χ3v) is 4.62. The molecule has 0 heterocycles. The monoisotopic (exact) mass is 383 g/mol. The Bertz CT molecular complexity index is 394. The second kappa shape index (κ2) is 19.4. The first-order valence-corrected chi connectivity index (χ1v) is 10.8. The summed E-state index contributed by atoms with van der Waals surface area (Å²) in [6.07, 6.45) is 21.2. The Morgan fingerprint density at radius 2 is 1.30 bits per heavy atom. The predicted octanol–water partition coefficient (Wildman–Crippen LogP) is 4.98. The number of aliphatic carboxylic acids is 1. The maximum Gasteiger partial charge on any atom is 0.322 e. The fourth-order valence-electron chi connectivity index (χ4n) is 2.99. The van der Waals surface area contributed by atoms with E-state index in [9.17, 15) is 14.7 Å². The van der Waals surface area contributed by atoms with Gasteiger partial charge in [-0.3, -0.25) is 9.59 Å². The van der Waals surface area contributed by atoms with E-state index in [0.29, 0.717) is 6.42 Å². The molecule has 1 atom stereocenters. The van der Waals surface area contributed by atoms with E-state index in [-0.39, 0.29) is 18.6 Å². The Kier molecular flexibility index (Phi) is 18.4. The number of hydrogen-bond acceptors (Lipinski definition) is 3. The number of allylic oxidation sites excluding steroid dienone is 2. The Balaban J connectivity index is 3.20. The quantitative estimate of drug-likeness (QED) is 0.217. The second-order valence-corrected chi connectivity index (χ2v) is 7.50. The van der Waals surface area contributed by atoms with Crippen LogP contribution < -0.4 is 5.32 Å². The number of nitrogens with one attached hydrogen (secondary N) is 1. The van der Waals surface area contributed by atoms with Crippen LogP contribution in [0.3, 0.4) is 0 Å². The molecule has 27 heavy (non-hydrogen) atoms. The number of rotatable bonds is 19. The fourth-order valence-corrected chi connectivity index (χ4v) is 2.99. The Hall–Kier alpha value is -1.36. The highest BCUT2D eigenvalue weighted by Crippen LogP contribution is 2.12. The highest BCUT2D eigenvalue weighted by atomic mass is 16.4. The number of aliphatic hydroxyl groups is 1. The normalized spacial score (nSPS) is 12.4. The number of unbranched alkanes of at least 4 members (excludes halogenated alkanes) is 11. The van der Waals surface area contributed by atoms with Crippen LogP contribution in [0.1, 0.15) is 103 Å². The smallest absolute Gasteiger partial charge is 0.322 e. The topological polar surface area (TPSA) is 86.6 Å². The molecule has 0 aromatic rings. The molecule has 0 saturated carbocycles. The maximum absolute atomic E-state index is 11.3. The lowest BCUT2D eigenvalue weighted by Gasteiger charge is -2.04. The minimum Gasteiger partial charge on any atom is -0.480 e. The molecule has 0 aromatic carbocycles. The van der Waals surface area contributed by atoms with Crippen molar-refractivity contribution in [2.75, 3.05) is 6.54 Å². The molecule has 0 bridgehead atoms. The van der Waals surface area contributed by atoms with E-state index in [4.69, 9.17) is 5.11 Å². The van der Waals surface area contributed by atoms with Crippen molar-refractivity contribution >= 4 is 11.9 Å². The van der Waals surface area contributed by atoms with E-state index < -0.39 is 5.97 Å². The molecule has 0 radical (unpaired) electrons. The van der Waals surface area contributed by atoms with Crippen molar-refractivity contribution in [1.29, 1.82) is 0 Å². The fraction of sp³-hybridized carbons (Fsp3) is 0.818. The highest BCUT2D eigenvalue weighted by Gasteiger charge is 2.02. The van der Waals surface area contributed by atoms with Crippen molar-refractivity contribution in [2.45, 2.75) is 109 Å². The zero-order valence-electron chi connectivity index (χ0n) is 17.3. The molecule has 5 nitrogen and oxygen atoms in total. The van der Waals surface area contributed by atoms with E-state index in [1.165, 1.54) is 57.8 Å². The van der Waals surface area contributed by atoms with Crippen LogP contribution >= 0.6 is 0 Å². The van der Waals surface area contributed by atoms with Gasteiger partial charge in [-0.15, -0.1) is 0 Å². The van der Waals surface area contributed by atoms with E-state index >= 15 is 0 Å². The molecule has 0 rings (SSSR count). The Labute approximate surface area is 165 Å². The molecule has 1 amide bonds. The van der Waals surface area contributed by atoms with Crippen LogP contribution in [0.4, 0.5) is 0 Å². The number of amides is 1. The number of aliphatic hydroxyl groups excluding tert-OH is 1. The van der Waals surface area contributed by atoms with Gasteiger partial charge in [0.05, 0.1) is 6.10 Å². The van der Waals surface area contributed by atoms with E-state index in [1.54, 1.807) is 0 Å². The number of hydrogen-bond donors (Lipinski definition) is 3. The maximum atomic E-state index is 11.3. The van der Waals surface area contributed by atoms with Gasteiger partial charge in [-0.05, 0) is 39.0 Å². The molecular weight excluding hydrogens is 342 g/mol. The summed E-state index contributed by atoms with van der Waals surface area (Å²) in [5.41, 5.74) is 0. The molecule has 5 heteroatoms. The molecule has 158 valence electrons. The molecule has 0 aliphatic heterocycles. The van der Waals surface area contributed by atoms with Crippen LogP contribution in [0, 0.1) is 0 Å². The van der Waals surface area contributed by atoms with E-state index in [2.05, 4.69) is 17.5 Å². The van der Waals surface area contributed by atoms with Crippen molar-refractivity contribution in [3.8, 4) is 0 Å². The van der Waals surface area contributed by atoms with Gasteiger partial charge in [0.25, 0.3) is 0 Å². The minimum absolute atomic E-state index is 0.142. The van der Waals surface area contributed by atoms with Gasteiger partial charge in [0, 0.05) is 6.42 Å². The van der Waals surface area contributed by atoms with Gasteiger partial charge in [0.2, 0.25) is 5.91 Å². The second-order valence-electron chi connectivity index (χ2n) is 7.50. The van der Waals surface area contributed by atoms with Gasteiger partial charge in [0.15, 0.2) is 0 Å². The third kappa shape index (κ3) is 22.6.